The fourth-order valence-electron chi connectivity index (χ4n) is 2.02. The molecular weight excluding hydrogens is 248 g/mol. The van der Waals surface area contributed by atoms with E-state index in [0.29, 0.717) is 36.7 Å². The van der Waals surface area contributed by atoms with E-state index in [-0.39, 0.29) is 6.10 Å². The molecule has 1 amide bonds. The number of hydrogen-bond donors (Lipinski definition) is 1. The third-order valence-electron chi connectivity index (χ3n) is 3.10. The minimum absolute atomic E-state index is 0.201. The molecule has 1 unspecified atom stereocenters. The summed E-state index contributed by atoms with van der Waals surface area (Å²) in [6.45, 7) is 0.905. The van der Waals surface area contributed by atoms with E-state index in [9.17, 15) is 4.79 Å². The molecule has 1 aromatic rings. The molecule has 0 bridgehead atoms. The maximum absolute atomic E-state index is 11.9. The van der Waals surface area contributed by atoms with Crippen LogP contribution < -0.4 is 20.1 Å². The normalized spacial score (nSPS) is 19.0. The first-order chi connectivity index (χ1) is 9.19. The molecule has 2 rings (SSSR count). The molecular formula is C13H18N2O4. The van der Waals surface area contributed by atoms with Gasteiger partial charge in [0, 0.05) is 25.6 Å². The molecule has 1 heterocycles. The van der Waals surface area contributed by atoms with Crippen molar-refractivity contribution in [2.24, 2.45) is 5.73 Å². The number of nitrogens with zero attached hydrogens (tertiary/aromatic N) is 1. The summed E-state index contributed by atoms with van der Waals surface area (Å²) in [4.78, 5) is 13.5. The van der Waals surface area contributed by atoms with Crippen LogP contribution in [-0.2, 0) is 4.74 Å². The highest BCUT2D eigenvalue weighted by Crippen LogP contribution is 2.34. The number of ether oxygens (including phenoxy) is 3. The van der Waals surface area contributed by atoms with Crippen molar-refractivity contribution >= 4 is 11.8 Å². The van der Waals surface area contributed by atoms with Crippen LogP contribution in [0.2, 0.25) is 0 Å². The monoisotopic (exact) mass is 266 g/mol. The maximum Gasteiger partial charge on any atom is 0.414 e. The van der Waals surface area contributed by atoms with Crippen LogP contribution in [0.15, 0.2) is 18.2 Å². The van der Waals surface area contributed by atoms with Crippen LogP contribution in [-0.4, -0.2) is 39.5 Å². The van der Waals surface area contributed by atoms with E-state index in [1.807, 2.05) is 0 Å². The van der Waals surface area contributed by atoms with E-state index in [1.165, 1.54) is 0 Å². The van der Waals surface area contributed by atoms with E-state index in [1.54, 1.807) is 37.3 Å². The Morgan fingerprint density at radius 3 is 2.79 bits per heavy atom. The molecule has 1 aromatic carbocycles. The number of cyclic esters (lactones) is 1. The highest BCUT2D eigenvalue weighted by Gasteiger charge is 2.29. The Morgan fingerprint density at radius 1 is 1.42 bits per heavy atom. The van der Waals surface area contributed by atoms with Gasteiger partial charge in [-0.3, -0.25) is 4.90 Å². The van der Waals surface area contributed by atoms with Crippen LogP contribution in [0.5, 0.6) is 11.5 Å². The second kappa shape index (κ2) is 5.79. The maximum atomic E-state index is 11.9. The van der Waals surface area contributed by atoms with Gasteiger partial charge in [0.05, 0.1) is 19.9 Å². The van der Waals surface area contributed by atoms with Gasteiger partial charge in [-0.15, -0.1) is 0 Å². The third kappa shape index (κ3) is 2.73. The first-order valence-electron chi connectivity index (χ1n) is 6.09. The Morgan fingerprint density at radius 2 is 2.21 bits per heavy atom. The van der Waals surface area contributed by atoms with E-state index >= 15 is 0 Å². The molecule has 6 nitrogen and oxygen atoms in total. The van der Waals surface area contributed by atoms with Crippen molar-refractivity contribution in [3.05, 3.63) is 18.2 Å². The van der Waals surface area contributed by atoms with Crippen LogP contribution >= 0.6 is 0 Å². The van der Waals surface area contributed by atoms with Crippen molar-refractivity contribution in [1.82, 2.24) is 0 Å². The smallest absolute Gasteiger partial charge is 0.414 e. The second-order valence-electron chi connectivity index (χ2n) is 4.22. The summed E-state index contributed by atoms with van der Waals surface area (Å²) in [5.41, 5.74) is 6.18. The number of anilines is 1. The minimum atomic E-state index is -0.398. The van der Waals surface area contributed by atoms with Gasteiger partial charge in [-0.1, -0.05) is 0 Å². The van der Waals surface area contributed by atoms with E-state index < -0.39 is 6.09 Å². The lowest BCUT2D eigenvalue weighted by atomic mass is 10.2. The summed E-state index contributed by atoms with van der Waals surface area (Å²) < 4.78 is 15.7. The van der Waals surface area contributed by atoms with Gasteiger partial charge >= 0.3 is 6.09 Å². The van der Waals surface area contributed by atoms with E-state index in [2.05, 4.69) is 0 Å². The lowest BCUT2D eigenvalue weighted by molar-refractivity contribution is 0.0886. The molecule has 0 spiro atoms. The molecule has 0 aromatic heterocycles. The minimum Gasteiger partial charge on any atom is -0.497 e. The summed E-state index contributed by atoms with van der Waals surface area (Å²) in [5.74, 6) is 1.24. The summed E-state index contributed by atoms with van der Waals surface area (Å²) in [6, 6.07) is 5.29. The summed E-state index contributed by atoms with van der Waals surface area (Å²) >= 11 is 0. The molecule has 1 saturated heterocycles. The fourth-order valence-corrected chi connectivity index (χ4v) is 2.02. The Labute approximate surface area is 112 Å². The van der Waals surface area contributed by atoms with Gasteiger partial charge in [-0.25, -0.2) is 4.79 Å². The quantitative estimate of drug-likeness (QED) is 0.891. The Balaban J connectivity index is 2.24. The number of nitrogens with two attached hydrogens (primary N) is 1. The number of carbonyl (C=O) groups excluding carboxylic acids is 1. The number of amides is 1. The summed E-state index contributed by atoms with van der Waals surface area (Å²) in [5, 5.41) is 0. The van der Waals surface area contributed by atoms with Crippen molar-refractivity contribution < 1.29 is 19.0 Å². The molecule has 0 aliphatic carbocycles. The SMILES string of the molecule is COc1ccc(N2CCC(CN)OC2=O)c(OC)c1. The number of hydrogen-bond acceptors (Lipinski definition) is 5. The highest BCUT2D eigenvalue weighted by molar-refractivity contribution is 5.90. The van der Waals surface area contributed by atoms with Crippen molar-refractivity contribution in [3.8, 4) is 11.5 Å². The molecule has 1 atom stereocenters. The zero-order valence-corrected chi connectivity index (χ0v) is 11.1. The number of benzene rings is 1. The van der Waals surface area contributed by atoms with Crippen LogP contribution in [0.3, 0.4) is 0 Å². The van der Waals surface area contributed by atoms with Crippen molar-refractivity contribution in [1.29, 1.82) is 0 Å². The predicted molar refractivity (Wildman–Crippen MR) is 70.8 cm³/mol. The molecule has 6 heteroatoms. The van der Waals surface area contributed by atoms with Crippen LogP contribution in [0.25, 0.3) is 0 Å². The molecule has 0 radical (unpaired) electrons. The molecule has 1 fully saturated rings. The molecule has 0 saturated carbocycles. The lowest BCUT2D eigenvalue weighted by Crippen LogP contribution is -2.44. The highest BCUT2D eigenvalue weighted by atomic mass is 16.6. The first kappa shape index (κ1) is 13.5. The standard InChI is InChI=1S/C13H18N2O4/c1-17-9-3-4-11(12(7-9)18-2)15-6-5-10(8-14)19-13(15)16/h3-4,7,10H,5-6,8,14H2,1-2H3. The molecule has 2 N–H and O–H groups in total. The van der Waals surface area contributed by atoms with E-state index in [0.717, 1.165) is 0 Å². The Hall–Kier alpha value is -1.95. The summed E-state index contributed by atoms with van der Waals surface area (Å²) in [6.07, 6.45) is 0.107. The van der Waals surface area contributed by atoms with Crippen LogP contribution in [0.4, 0.5) is 10.5 Å². The largest absolute Gasteiger partial charge is 0.497 e. The summed E-state index contributed by atoms with van der Waals surface area (Å²) in [7, 11) is 3.13. The van der Waals surface area contributed by atoms with Crippen molar-refractivity contribution in [2.45, 2.75) is 12.5 Å². The Kier molecular flexibility index (Phi) is 4.11. The lowest BCUT2D eigenvalue weighted by Gasteiger charge is -2.31. The number of methoxy groups -OCH3 is 2. The van der Waals surface area contributed by atoms with Crippen LogP contribution in [0.1, 0.15) is 6.42 Å². The molecule has 1 aliphatic heterocycles. The molecule has 104 valence electrons. The zero-order chi connectivity index (χ0) is 13.8. The topological polar surface area (TPSA) is 74.0 Å². The first-order valence-corrected chi connectivity index (χ1v) is 6.09. The van der Waals surface area contributed by atoms with Gasteiger partial charge in [-0.05, 0) is 12.1 Å². The van der Waals surface area contributed by atoms with Gasteiger partial charge < -0.3 is 19.9 Å². The average Bonchev–Trinajstić information content (AvgIpc) is 2.46. The van der Waals surface area contributed by atoms with Crippen molar-refractivity contribution in [2.75, 3.05) is 32.2 Å². The van der Waals surface area contributed by atoms with Gasteiger partial charge in [-0.2, -0.15) is 0 Å². The number of rotatable bonds is 4. The fraction of sp³-hybridized carbons (Fsp3) is 0.462. The molecule has 1 aliphatic rings. The van der Waals surface area contributed by atoms with Gasteiger partial charge in [0.1, 0.15) is 17.6 Å². The Bertz CT molecular complexity index is 464. The zero-order valence-electron chi connectivity index (χ0n) is 11.1. The van der Waals surface area contributed by atoms with Gasteiger partial charge in [0.2, 0.25) is 0 Å². The second-order valence-corrected chi connectivity index (χ2v) is 4.22. The van der Waals surface area contributed by atoms with Gasteiger partial charge in [0.25, 0.3) is 0 Å². The third-order valence-corrected chi connectivity index (χ3v) is 3.10. The van der Waals surface area contributed by atoms with Crippen LogP contribution in [0, 0.1) is 0 Å². The molecule has 19 heavy (non-hydrogen) atoms. The van der Waals surface area contributed by atoms with Crippen molar-refractivity contribution in [3.63, 3.8) is 0 Å². The van der Waals surface area contributed by atoms with Gasteiger partial charge in [0.15, 0.2) is 0 Å². The average molecular weight is 266 g/mol. The van der Waals surface area contributed by atoms with E-state index in [4.69, 9.17) is 19.9 Å². The predicted octanol–water partition coefficient (Wildman–Crippen LogP) is 1.38. The number of carbonyl (C=O) groups is 1.